The zero-order valence-corrected chi connectivity index (χ0v) is 12.3. The van der Waals surface area contributed by atoms with Gasteiger partial charge in [0.2, 0.25) is 0 Å². The van der Waals surface area contributed by atoms with Crippen molar-refractivity contribution in [2.75, 3.05) is 20.8 Å². The molecule has 0 heterocycles. The Labute approximate surface area is 122 Å². The van der Waals surface area contributed by atoms with Crippen molar-refractivity contribution < 1.29 is 30.0 Å². The molecule has 3 unspecified atom stereocenters. The Kier molecular flexibility index (Phi) is 5.70. The summed E-state index contributed by atoms with van der Waals surface area (Å²) >= 11 is 0. The summed E-state index contributed by atoms with van der Waals surface area (Å²) < 4.78 is 5.22. The Morgan fingerprint density at radius 2 is 2.14 bits per heavy atom. The Morgan fingerprint density at radius 3 is 2.52 bits per heavy atom. The van der Waals surface area contributed by atoms with Crippen molar-refractivity contribution in [3.63, 3.8) is 0 Å². The summed E-state index contributed by atoms with van der Waals surface area (Å²) in [6.07, 6.45) is -1.13. The molecule has 0 amide bonds. The third-order valence-electron chi connectivity index (χ3n) is 3.34. The van der Waals surface area contributed by atoms with E-state index < -0.39 is 30.3 Å². The molecule has 21 heavy (non-hydrogen) atoms. The van der Waals surface area contributed by atoms with Gasteiger partial charge in [-0.3, -0.25) is 4.99 Å². The van der Waals surface area contributed by atoms with Crippen LogP contribution in [-0.2, 0) is 9.53 Å². The van der Waals surface area contributed by atoms with E-state index in [1.54, 1.807) is 7.05 Å². The Hall–Kier alpha value is -1.64. The lowest BCUT2D eigenvalue weighted by Gasteiger charge is -2.34. The van der Waals surface area contributed by atoms with E-state index in [1.807, 2.05) is 0 Å². The lowest BCUT2D eigenvalue weighted by molar-refractivity contribution is -0.140. The first-order chi connectivity index (χ1) is 9.77. The van der Waals surface area contributed by atoms with Gasteiger partial charge in [-0.25, -0.2) is 4.79 Å². The number of aliphatic imine (C=N–C) groups is 1. The maximum absolute atomic E-state index is 11.1. The van der Waals surface area contributed by atoms with Gasteiger partial charge in [0.1, 0.15) is 0 Å². The molecule has 0 bridgehead atoms. The van der Waals surface area contributed by atoms with Crippen LogP contribution in [0.1, 0.15) is 19.8 Å². The number of aliphatic carboxylic acids is 1. The van der Waals surface area contributed by atoms with Gasteiger partial charge in [-0.1, -0.05) is 0 Å². The average molecular weight is 302 g/mol. The maximum atomic E-state index is 11.1. The lowest BCUT2D eigenvalue weighted by Crippen LogP contribution is -2.44. The molecule has 0 aromatic rings. The van der Waals surface area contributed by atoms with Gasteiger partial charge in [0.25, 0.3) is 0 Å². The van der Waals surface area contributed by atoms with E-state index in [2.05, 4.69) is 10.3 Å². The van der Waals surface area contributed by atoms with Gasteiger partial charge in [0.05, 0.1) is 36.8 Å². The molecule has 120 valence electrons. The summed E-state index contributed by atoms with van der Waals surface area (Å²) in [6, 6.07) is -1.37. The third-order valence-corrected chi connectivity index (χ3v) is 3.34. The van der Waals surface area contributed by atoms with Gasteiger partial charge in [-0.05, 0) is 6.92 Å². The molecule has 1 rings (SSSR count). The fourth-order valence-corrected chi connectivity index (χ4v) is 2.23. The third kappa shape index (κ3) is 3.93. The highest BCUT2D eigenvalue weighted by atomic mass is 16.5. The van der Waals surface area contributed by atoms with Gasteiger partial charge >= 0.3 is 5.97 Å². The molecule has 0 aromatic carbocycles. The van der Waals surface area contributed by atoms with Gasteiger partial charge in [0.15, 0.2) is 11.8 Å². The number of nitrogens with zero attached hydrogens (tertiary/aromatic N) is 1. The summed E-state index contributed by atoms with van der Waals surface area (Å²) in [4.78, 5) is 15.1. The number of hydrogen-bond acceptors (Lipinski definition) is 7. The molecule has 0 spiro atoms. The highest BCUT2D eigenvalue weighted by Gasteiger charge is 2.38. The number of aliphatic hydroxyl groups is 3. The smallest absolute Gasteiger partial charge is 0.331 e. The van der Waals surface area contributed by atoms with Crippen LogP contribution in [0.4, 0.5) is 0 Å². The van der Waals surface area contributed by atoms with E-state index in [1.165, 1.54) is 14.0 Å². The Morgan fingerprint density at radius 1 is 1.52 bits per heavy atom. The van der Waals surface area contributed by atoms with Crippen LogP contribution >= 0.6 is 0 Å². The van der Waals surface area contributed by atoms with Crippen molar-refractivity contribution in [3.05, 3.63) is 11.5 Å². The number of rotatable bonds is 6. The second-order valence-corrected chi connectivity index (χ2v) is 5.10. The summed E-state index contributed by atoms with van der Waals surface area (Å²) in [5.41, 5.74) is -0.743. The van der Waals surface area contributed by atoms with Crippen LogP contribution in [-0.4, -0.2) is 70.6 Å². The van der Waals surface area contributed by atoms with Crippen molar-refractivity contribution in [1.82, 2.24) is 5.32 Å². The number of nitrogens with one attached hydrogen (secondary N) is 1. The van der Waals surface area contributed by atoms with E-state index in [4.69, 9.17) is 9.84 Å². The molecule has 1 aliphatic rings. The lowest BCUT2D eigenvalue weighted by atomic mass is 9.85. The minimum absolute atomic E-state index is 0.0612. The molecule has 8 heteroatoms. The van der Waals surface area contributed by atoms with Crippen LogP contribution in [0.5, 0.6) is 0 Å². The molecule has 3 atom stereocenters. The molecule has 0 aliphatic heterocycles. The molecule has 0 saturated carbocycles. The molecule has 1 aliphatic carbocycles. The highest BCUT2D eigenvalue weighted by molar-refractivity contribution is 6.01. The molecule has 0 radical (unpaired) electrons. The Balaban J connectivity index is 3.31. The molecule has 8 nitrogen and oxygen atoms in total. The number of carboxylic acid groups (broad SMARTS) is 1. The van der Waals surface area contributed by atoms with E-state index in [-0.39, 0.29) is 18.6 Å². The predicted molar refractivity (Wildman–Crippen MR) is 74.9 cm³/mol. The molecule has 0 saturated heterocycles. The fraction of sp³-hybridized carbons (Fsp3) is 0.692. The van der Waals surface area contributed by atoms with E-state index in [9.17, 15) is 20.1 Å². The fourth-order valence-electron chi connectivity index (χ4n) is 2.23. The number of ether oxygens (including phenoxy) is 1. The van der Waals surface area contributed by atoms with Crippen LogP contribution in [0.15, 0.2) is 16.4 Å². The highest BCUT2D eigenvalue weighted by Crippen LogP contribution is 2.30. The van der Waals surface area contributed by atoms with Gasteiger partial charge in [-0.15, -0.1) is 0 Å². The summed E-state index contributed by atoms with van der Waals surface area (Å²) in [5.74, 6) is -0.959. The number of carbonyl (C=O) groups is 1. The standard InChI is InChI=1S/C13H22N2O6/c1-7(17)10(12(18)19)15-9-5-13(20,6-16)4-8(14-2)11(9)21-3/h7,10,14,16-17,20H,4-6H2,1-3H3,(H,18,19)/b15-9+. The number of methoxy groups -OCH3 is 1. The SMILES string of the molecule is CNC1=C(OC)/C(=N/C(C(=O)O)C(C)O)CC(O)(CO)C1. The second kappa shape index (κ2) is 6.88. The monoisotopic (exact) mass is 302 g/mol. The quantitative estimate of drug-likeness (QED) is 0.419. The molecular formula is C13H22N2O6. The summed E-state index contributed by atoms with van der Waals surface area (Å²) in [5, 5.41) is 41.1. The van der Waals surface area contributed by atoms with Crippen molar-refractivity contribution in [2.24, 2.45) is 4.99 Å². The van der Waals surface area contributed by atoms with Crippen molar-refractivity contribution in [1.29, 1.82) is 0 Å². The van der Waals surface area contributed by atoms with Gasteiger partial charge < -0.3 is 30.5 Å². The predicted octanol–water partition coefficient (Wildman–Crippen LogP) is -1.14. The summed E-state index contributed by atoms with van der Waals surface area (Å²) in [6.45, 7) is 0.819. The minimum Gasteiger partial charge on any atom is -0.493 e. The van der Waals surface area contributed by atoms with Crippen molar-refractivity contribution in [2.45, 2.75) is 37.5 Å². The van der Waals surface area contributed by atoms with Crippen molar-refractivity contribution >= 4 is 11.7 Å². The van der Waals surface area contributed by atoms with Gasteiger partial charge in [0, 0.05) is 19.9 Å². The number of allylic oxidation sites excluding steroid dienone is 1. The van der Waals surface area contributed by atoms with E-state index >= 15 is 0 Å². The van der Waals surface area contributed by atoms with Crippen LogP contribution in [0.2, 0.25) is 0 Å². The zero-order valence-electron chi connectivity index (χ0n) is 12.3. The molecular weight excluding hydrogens is 280 g/mol. The van der Waals surface area contributed by atoms with Crippen LogP contribution in [0.3, 0.4) is 0 Å². The van der Waals surface area contributed by atoms with E-state index in [0.29, 0.717) is 11.5 Å². The zero-order chi connectivity index (χ0) is 16.2. The normalized spacial score (nSPS) is 27.4. The topological polar surface area (TPSA) is 132 Å². The first-order valence-corrected chi connectivity index (χ1v) is 6.54. The molecule has 5 N–H and O–H groups in total. The van der Waals surface area contributed by atoms with Crippen molar-refractivity contribution in [3.8, 4) is 0 Å². The second-order valence-electron chi connectivity index (χ2n) is 5.10. The van der Waals surface area contributed by atoms with Crippen LogP contribution < -0.4 is 5.32 Å². The molecule has 0 aromatic heterocycles. The first-order valence-electron chi connectivity index (χ1n) is 6.54. The van der Waals surface area contributed by atoms with Crippen LogP contribution in [0.25, 0.3) is 0 Å². The average Bonchev–Trinajstić information content (AvgIpc) is 2.43. The minimum atomic E-state index is -1.44. The first kappa shape index (κ1) is 17.4. The maximum Gasteiger partial charge on any atom is 0.331 e. The number of hydrogen-bond donors (Lipinski definition) is 5. The van der Waals surface area contributed by atoms with Gasteiger partial charge in [-0.2, -0.15) is 0 Å². The Bertz CT molecular complexity index is 460. The summed E-state index contributed by atoms with van der Waals surface area (Å²) in [7, 11) is 3.03. The van der Waals surface area contributed by atoms with E-state index in [0.717, 1.165) is 0 Å². The largest absolute Gasteiger partial charge is 0.493 e. The number of aliphatic hydroxyl groups excluding tert-OH is 2. The number of carboxylic acids is 1. The van der Waals surface area contributed by atoms with Crippen LogP contribution in [0, 0.1) is 0 Å². The molecule has 0 fully saturated rings.